The number of fused-ring (bicyclic) bond motifs is 1. The molecule has 2 unspecified atom stereocenters. The van der Waals surface area contributed by atoms with Gasteiger partial charge in [-0.1, -0.05) is 18.6 Å². The standard InChI is InChI=1S/C21H27N5O2.ClH/c1-15-8-5-6-12-26(15)13-7-11-23-20-19(16(14-22)21(27)28-2)24-17-9-3-4-10-18(17)25-20;/h3-4,9-10,15-16H,5-8,11-13H2,1-2H3,(H,23,25);1H. The molecule has 7 nitrogen and oxygen atoms in total. The summed E-state index contributed by atoms with van der Waals surface area (Å²) < 4.78 is 4.78. The number of anilines is 1. The van der Waals surface area contributed by atoms with Crippen molar-refractivity contribution in [2.75, 3.05) is 32.1 Å². The third-order valence-corrected chi connectivity index (χ3v) is 5.29. The van der Waals surface area contributed by atoms with Gasteiger partial charge >= 0.3 is 5.97 Å². The van der Waals surface area contributed by atoms with Gasteiger partial charge in [-0.05, 0) is 44.9 Å². The van der Waals surface area contributed by atoms with Crippen LogP contribution in [-0.2, 0) is 9.53 Å². The van der Waals surface area contributed by atoms with Crippen molar-refractivity contribution in [3.63, 3.8) is 0 Å². The zero-order chi connectivity index (χ0) is 19.9. The van der Waals surface area contributed by atoms with E-state index in [9.17, 15) is 10.1 Å². The molecule has 0 bridgehead atoms. The molecule has 1 aliphatic heterocycles. The van der Waals surface area contributed by atoms with Crippen molar-refractivity contribution in [3.8, 4) is 6.07 Å². The van der Waals surface area contributed by atoms with Gasteiger partial charge in [0.15, 0.2) is 11.7 Å². The van der Waals surface area contributed by atoms with Crippen molar-refractivity contribution in [1.29, 1.82) is 5.26 Å². The number of hydrogen-bond acceptors (Lipinski definition) is 7. The van der Waals surface area contributed by atoms with Gasteiger partial charge in [0.25, 0.3) is 0 Å². The van der Waals surface area contributed by atoms with E-state index in [2.05, 4.69) is 27.1 Å². The van der Waals surface area contributed by atoms with Crippen LogP contribution in [0, 0.1) is 11.3 Å². The summed E-state index contributed by atoms with van der Waals surface area (Å²) in [5.41, 5.74) is 1.69. The van der Waals surface area contributed by atoms with Crippen molar-refractivity contribution in [2.45, 2.75) is 44.6 Å². The van der Waals surface area contributed by atoms with E-state index in [-0.39, 0.29) is 12.4 Å². The van der Waals surface area contributed by atoms with E-state index in [0.29, 0.717) is 29.6 Å². The van der Waals surface area contributed by atoms with Gasteiger partial charge in [0.1, 0.15) is 5.69 Å². The van der Waals surface area contributed by atoms with E-state index in [1.54, 1.807) is 0 Å². The van der Waals surface area contributed by atoms with Crippen LogP contribution >= 0.6 is 12.4 Å². The topological polar surface area (TPSA) is 91.1 Å². The minimum absolute atomic E-state index is 0. The zero-order valence-corrected chi connectivity index (χ0v) is 17.7. The molecule has 1 saturated heterocycles. The first kappa shape index (κ1) is 22.9. The molecule has 0 amide bonds. The molecule has 0 radical (unpaired) electrons. The van der Waals surface area contributed by atoms with Gasteiger partial charge in [0, 0.05) is 19.1 Å². The second-order valence-electron chi connectivity index (χ2n) is 7.19. The summed E-state index contributed by atoms with van der Waals surface area (Å²) in [7, 11) is 1.27. The van der Waals surface area contributed by atoms with Crippen LogP contribution in [0.4, 0.5) is 5.82 Å². The molecule has 1 aromatic heterocycles. The SMILES string of the molecule is COC(=O)C(C#N)c1nc2ccccc2nc1NCCCN1CCCCC1C.Cl. The number of benzene rings is 1. The fourth-order valence-electron chi connectivity index (χ4n) is 3.67. The summed E-state index contributed by atoms with van der Waals surface area (Å²) >= 11 is 0. The van der Waals surface area contributed by atoms with E-state index >= 15 is 0 Å². The van der Waals surface area contributed by atoms with Crippen molar-refractivity contribution < 1.29 is 9.53 Å². The third kappa shape index (κ3) is 5.55. The fraction of sp³-hybridized carbons (Fsp3) is 0.524. The summed E-state index contributed by atoms with van der Waals surface area (Å²) in [5.74, 6) is -1.26. The molecular formula is C21H28ClN5O2. The lowest BCUT2D eigenvalue weighted by atomic mass is 10.0. The number of aromatic nitrogens is 2. The van der Waals surface area contributed by atoms with Gasteiger partial charge in [0.05, 0.1) is 24.2 Å². The third-order valence-electron chi connectivity index (χ3n) is 5.29. The van der Waals surface area contributed by atoms with Crippen LogP contribution < -0.4 is 5.32 Å². The van der Waals surface area contributed by atoms with E-state index in [1.165, 1.54) is 26.4 Å². The summed E-state index contributed by atoms with van der Waals surface area (Å²) in [6, 6.07) is 10.1. The van der Waals surface area contributed by atoms with Crippen LogP contribution in [0.1, 0.15) is 44.2 Å². The Morgan fingerprint density at radius 3 is 2.72 bits per heavy atom. The highest BCUT2D eigenvalue weighted by molar-refractivity contribution is 5.85. The fourth-order valence-corrected chi connectivity index (χ4v) is 3.67. The average Bonchev–Trinajstić information content (AvgIpc) is 2.72. The lowest BCUT2D eigenvalue weighted by Gasteiger charge is -2.33. The van der Waals surface area contributed by atoms with Gasteiger partial charge < -0.3 is 15.0 Å². The Hall–Kier alpha value is -2.43. The quantitative estimate of drug-likeness (QED) is 0.544. The van der Waals surface area contributed by atoms with Crippen molar-refractivity contribution >= 4 is 35.2 Å². The van der Waals surface area contributed by atoms with Crippen LogP contribution in [0.15, 0.2) is 24.3 Å². The summed E-state index contributed by atoms with van der Waals surface area (Å²) in [4.78, 5) is 23.7. The maximum absolute atomic E-state index is 12.1. The summed E-state index contributed by atoms with van der Waals surface area (Å²) in [6.45, 7) is 5.15. The first-order chi connectivity index (χ1) is 13.6. The van der Waals surface area contributed by atoms with Gasteiger partial charge in [0.2, 0.25) is 0 Å². The van der Waals surface area contributed by atoms with E-state index < -0.39 is 11.9 Å². The normalized spacial score (nSPS) is 17.8. The molecule has 2 aromatic rings. The Balaban J connectivity index is 0.00000300. The summed E-state index contributed by atoms with van der Waals surface area (Å²) in [6.07, 6.45) is 4.79. The lowest BCUT2D eigenvalue weighted by molar-refractivity contribution is -0.141. The van der Waals surface area contributed by atoms with Gasteiger partial charge in [-0.15, -0.1) is 12.4 Å². The molecule has 2 heterocycles. The molecule has 1 N–H and O–H groups in total. The van der Waals surface area contributed by atoms with Crippen LogP contribution in [0.25, 0.3) is 11.0 Å². The number of halogens is 1. The number of nitrogens with one attached hydrogen (secondary N) is 1. The largest absolute Gasteiger partial charge is 0.468 e. The van der Waals surface area contributed by atoms with Crippen molar-refractivity contribution in [2.24, 2.45) is 0 Å². The molecule has 29 heavy (non-hydrogen) atoms. The molecule has 1 fully saturated rings. The Bertz CT molecular complexity index is 870. The second-order valence-corrected chi connectivity index (χ2v) is 7.19. The molecule has 156 valence electrons. The number of nitrogens with zero attached hydrogens (tertiary/aromatic N) is 4. The molecule has 8 heteroatoms. The highest BCUT2D eigenvalue weighted by atomic mass is 35.5. The van der Waals surface area contributed by atoms with Crippen LogP contribution in [0.5, 0.6) is 0 Å². The highest BCUT2D eigenvalue weighted by Crippen LogP contribution is 2.25. The second kappa shape index (κ2) is 10.9. The number of rotatable bonds is 7. The van der Waals surface area contributed by atoms with Gasteiger partial charge in [-0.25, -0.2) is 9.97 Å². The summed E-state index contributed by atoms with van der Waals surface area (Å²) in [5, 5.41) is 12.8. The molecule has 1 aromatic carbocycles. The predicted octanol–water partition coefficient (Wildman–Crippen LogP) is 3.51. The lowest BCUT2D eigenvalue weighted by Crippen LogP contribution is -2.38. The molecular weight excluding hydrogens is 390 g/mol. The number of carbonyl (C=O) groups is 1. The number of ether oxygens (including phenoxy) is 1. The van der Waals surface area contributed by atoms with Crippen LogP contribution in [-0.4, -0.2) is 53.6 Å². The van der Waals surface area contributed by atoms with Gasteiger partial charge in [-0.3, -0.25) is 4.79 Å². The van der Waals surface area contributed by atoms with Crippen LogP contribution in [0.2, 0.25) is 0 Å². The minimum Gasteiger partial charge on any atom is -0.468 e. The monoisotopic (exact) mass is 417 g/mol. The van der Waals surface area contributed by atoms with E-state index in [1.807, 2.05) is 30.3 Å². The van der Waals surface area contributed by atoms with Gasteiger partial charge in [-0.2, -0.15) is 5.26 Å². The van der Waals surface area contributed by atoms with E-state index in [0.717, 1.165) is 25.0 Å². The average molecular weight is 418 g/mol. The first-order valence-corrected chi connectivity index (χ1v) is 9.86. The Morgan fingerprint density at radius 2 is 2.07 bits per heavy atom. The number of piperidine rings is 1. The molecule has 0 saturated carbocycles. The number of hydrogen-bond donors (Lipinski definition) is 1. The number of methoxy groups -OCH3 is 1. The van der Waals surface area contributed by atoms with Crippen molar-refractivity contribution in [1.82, 2.24) is 14.9 Å². The number of esters is 1. The number of likely N-dealkylation sites (tertiary alicyclic amines) is 1. The Labute approximate surface area is 177 Å². The van der Waals surface area contributed by atoms with Crippen LogP contribution in [0.3, 0.4) is 0 Å². The molecule has 2 atom stereocenters. The molecule has 0 aliphatic carbocycles. The Morgan fingerprint density at radius 1 is 1.34 bits per heavy atom. The number of nitriles is 1. The first-order valence-electron chi connectivity index (χ1n) is 9.86. The molecule has 0 spiro atoms. The highest BCUT2D eigenvalue weighted by Gasteiger charge is 2.27. The maximum atomic E-state index is 12.1. The predicted molar refractivity (Wildman–Crippen MR) is 115 cm³/mol. The zero-order valence-electron chi connectivity index (χ0n) is 16.9. The number of para-hydroxylation sites is 2. The maximum Gasteiger partial charge on any atom is 0.329 e. The molecule has 1 aliphatic rings. The van der Waals surface area contributed by atoms with E-state index in [4.69, 9.17) is 4.74 Å². The molecule has 3 rings (SSSR count). The minimum atomic E-state index is -1.10. The smallest absolute Gasteiger partial charge is 0.329 e. The Kier molecular flexibility index (Phi) is 8.62. The number of carbonyl (C=O) groups excluding carboxylic acids is 1. The van der Waals surface area contributed by atoms with Crippen molar-refractivity contribution in [3.05, 3.63) is 30.0 Å².